The molecule has 114 valence electrons. The van der Waals surface area contributed by atoms with Gasteiger partial charge in [-0.25, -0.2) is 4.39 Å². The summed E-state index contributed by atoms with van der Waals surface area (Å²) in [5.41, 5.74) is 7.81. The second kappa shape index (κ2) is 4.96. The molecule has 0 heterocycles. The van der Waals surface area contributed by atoms with Crippen LogP contribution in [0.1, 0.15) is 44.1 Å². The highest BCUT2D eigenvalue weighted by atomic mass is 35.5. The van der Waals surface area contributed by atoms with Gasteiger partial charge in [0.05, 0.1) is 0 Å². The van der Waals surface area contributed by atoms with Gasteiger partial charge in [0.25, 0.3) is 0 Å². The fourth-order valence-corrected chi connectivity index (χ4v) is 5.98. The van der Waals surface area contributed by atoms with E-state index in [1.807, 2.05) is 0 Å². The van der Waals surface area contributed by atoms with Crippen molar-refractivity contribution in [1.29, 1.82) is 0 Å². The van der Waals surface area contributed by atoms with E-state index in [9.17, 15) is 4.39 Å². The van der Waals surface area contributed by atoms with Gasteiger partial charge in [0.2, 0.25) is 0 Å². The molecule has 4 fully saturated rings. The molecule has 5 rings (SSSR count). The van der Waals surface area contributed by atoms with Gasteiger partial charge >= 0.3 is 0 Å². The zero-order valence-electron chi connectivity index (χ0n) is 12.3. The van der Waals surface area contributed by atoms with E-state index in [0.717, 1.165) is 23.3 Å². The van der Waals surface area contributed by atoms with Crippen LogP contribution in [0.15, 0.2) is 18.2 Å². The zero-order valence-corrected chi connectivity index (χ0v) is 13.1. The van der Waals surface area contributed by atoms with E-state index < -0.39 is 0 Å². The molecule has 0 spiro atoms. The normalized spacial score (nSPS) is 38.7. The first kappa shape index (κ1) is 14.0. The Kier molecular flexibility index (Phi) is 3.31. The van der Waals surface area contributed by atoms with Gasteiger partial charge < -0.3 is 5.73 Å². The summed E-state index contributed by atoms with van der Waals surface area (Å²) in [4.78, 5) is 0. The largest absolute Gasteiger partial charge is 0.327 e. The van der Waals surface area contributed by atoms with Gasteiger partial charge in [0.15, 0.2) is 0 Å². The summed E-state index contributed by atoms with van der Waals surface area (Å²) in [5, 5.41) is 0.650. The number of nitrogens with two attached hydrogens (primary N) is 1. The highest BCUT2D eigenvalue weighted by Gasteiger charge is 2.53. The van der Waals surface area contributed by atoms with Gasteiger partial charge in [0, 0.05) is 11.1 Å². The molecule has 0 saturated heterocycles. The lowest BCUT2D eigenvalue weighted by Crippen LogP contribution is -2.55. The maximum absolute atomic E-state index is 13.5. The molecule has 1 atom stereocenters. The summed E-state index contributed by atoms with van der Waals surface area (Å²) in [6, 6.07) is 4.74. The van der Waals surface area contributed by atoms with Crippen LogP contribution in [0.2, 0.25) is 5.02 Å². The van der Waals surface area contributed by atoms with Crippen molar-refractivity contribution in [3.8, 4) is 0 Å². The van der Waals surface area contributed by atoms with Crippen molar-refractivity contribution < 1.29 is 4.39 Å². The number of rotatable bonds is 3. The van der Waals surface area contributed by atoms with E-state index in [4.69, 9.17) is 17.3 Å². The van der Waals surface area contributed by atoms with E-state index >= 15 is 0 Å². The van der Waals surface area contributed by atoms with Gasteiger partial charge in [-0.3, -0.25) is 0 Å². The zero-order chi connectivity index (χ0) is 14.6. The maximum atomic E-state index is 13.5. The SMILES string of the molecule is NC(Cc1cc(F)ccc1Cl)C12CC3CC(CC(C3)C1)C2. The molecular weight excluding hydrogens is 285 g/mol. The van der Waals surface area contributed by atoms with Crippen LogP contribution in [0, 0.1) is 29.0 Å². The van der Waals surface area contributed by atoms with Crippen LogP contribution in [0.4, 0.5) is 4.39 Å². The van der Waals surface area contributed by atoms with Gasteiger partial charge in [-0.15, -0.1) is 0 Å². The molecule has 1 aromatic carbocycles. The lowest BCUT2D eigenvalue weighted by molar-refractivity contribution is -0.0667. The molecule has 4 saturated carbocycles. The van der Waals surface area contributed by atoms with Crippen molar-refractivity contribution in [2.45, 2.75) is 51.0 Å². The number of halogens is 2. The van der Waals surface area contributed by atoms with E-state index in [-0.39, 0.29) is 11.9 Å². The van der Waals surface area contributed by atoms with Gasteiger partial charge in [-0.05, 0) is 91.9 Å². The van der Waals surface area contributed by atoms with Crippen LogP contribution in [0.3, 0.4) is 0 Å². The average Bonchev–Trinajstić information content (AvgIpc) is 2.41. The predicted molar refractivity (Wildman–Crippen MR) is 83.7 cm³/mol. The summed E-state index contributed by atoms with van der Waals surface area (Å²) in [5.74, 6) is 2.47. The Balaban J connectivity index is 1.57. The fraction of sp³-hybridized carbons (Fsp3) is 0.667. The van der Waals surface area contributed by atoms with Crippen molar-refractivity contribution >= 4 is 11.6 Å². The molecule has 21 heavy (non-hydrogen) atoms. The molecule has 0 aliphatic heterocycles. The Morgan fingerprint density at radius 3 is 2.29 bits per heavy atom. The van der Waals surface area contributed by atoms with Crippen molar-refractivity contribution in [1.82, 2.24) is 0 Å². The molecule has 0 aromatic heterocycles. The molecule has 4 bridgehead atoms. The summed E-state index contributed by atoms with van der Waals surface area (Å²) < 4.78 is 13.5. The van der Waals surface area contributed by atoms with Gasteiger partial charge in [-0.1, -0.05) is 11.6 Å². The quantitative estimate of drug-likeness (QED) is 0.870. The number of hydrogen-bond donors (Lipinski definition) is 1. The van der Waals surface area contributed by atoms with Crippen molar-refractivity contribution in [3.05, 3.63) is 34.6 Å². The number of hydrogen-bond acceptors (Lipinski definition) is 1. The first-order chi connectivity index (χ1) is 10.0. The Hall–Kier alpha value is -0.600. The maximum Gasteiger partial charge on any atom is 0.123 e. The summed E-state index contributed by atoms with van der Waals surface area (Å²) >= 11 is 6.23. The standard InChI is InChI=1S/C18H23ClFN/c19-16-2-1-15(20)6-14(16)7-17(21)18-8-11-3-12(9-18)5-13(4-11)10-18/h1-2,6,11-13,17H,3-5,7-10,21H2. The molecular formula is C18H23ClFN. The van der Waals surface area contributed by atoms with Crippen LogP contribution >= 0.6 is 11.6 Å². The Morgan fingerprint density at radius 2 is 1.71 bits per heavy atom. The molecule has 1 aromatic rings. The van der Waals surface area contributed by atoms with Crippen LogP contribution < -0.4 is 5.73 Å². The second-order valence-corrected chi connectivity index (χ2v) is 8.23. The third kappa shape index (κ3) is 2.41. The second-order valence-electron chi connectivity index (χ2n) is 7.83. The number of benzene rings is 1. The van der Waals surface area contributed by atoms with Crippen LogP contribution in [-0.2, 0) is 6.42 Å². The van der Waals surface area contributed by atoms with Crippen LogP contribution in [-0.4, -0.2) is 6.04 Å². The van der Waals surface area contributed by atoms with Crippen LogP contribution in [0.25, 0.3) is 0 Å². The fourth-order valence-electron chi connectivity index (χ4n) is 5.78. The van der Waals surface area contributed by atoms with E-state index in [1.54, 1.807) is 12.1 Å². The molecule has 2 N–H and O–H groups in total. The average molecular weight is 308 g/mol. The minimum Gasteiger partial charge on any atom is -0.327 e. The van der Waals surface area contributed by atoms with Gasteiger partial charge in [0.1, 0.15) is 5.82 Å². The first-order valence-electron chi connectivity index (χ1n) is 8.23. The smallest absolute Gasteiger partial charge is 0.123 e. The highest BCUT2D eigenvalue weighted by molar-refractivity contribution is 6.31. The van der Waals surface area contributed by atoms with E-state index in [2.05, 4.69) is 0 Å². The topological polar surface area (TPSA) is 26.0 Å². The third-order valence-corrected chi connectivity index (χ3v) is 6.69. The predicted octanol–water partition coefficient (Wildman–Crippen LogP) is 4.57. The van der Waals surface area contributed by atoms with Gasteiger partial charge in [-0.2, -0.15) is 0 Å². The summed E-state index contributed by atoms with van der Waals surface area (Å²) in [6.07, 6.45) is 8.84. The van der Waals surface area contributed by atoms with Crippen LogP contribution in [0.5, 0.6) is 0 Å². The van der Waals surface area contributed by atoms with Crippen molar-refractivity contribution in [2.24, 2.45) is 28.9 Å². The summed E-state index contributed by atoms with van der Waals surface area (Å²) in [6.45, 7) is 0. The van der Waals surface area contributed by atoms with E-state index in [1.165, 1.54) is 44.6 Å². The Morgan fingerprint density at radius 1 is 1.14 bits per heavy atom. The lowest BCUT2D eigenvalue weighted by Gasteiger charge is -2.59. The molecule has 1 unspecified atom stereocenters. The molecule has 4 aliphatic carbocycles. The summed E-state index contributed by atoms with van der Waals surface area (Å²) in [7, 11) is 0. The molecule has 0 radical (unpaired) electrons. The Bertz CT molecular complexity index is 521. The lowest BCUT2D eigenvalue weighted by atomic mass is 9.47. The van der Waals surface area contributed by atoms with Crippen molar-refractivity contribution in [3.63, 3.8) is 0 Å². The molecule has 3 heteroatoms. The molecule has 0 amide bonds. The highest BCUT2D eigenvalue weighted by Crippen LogP contribution is 2.61. The molecule has 1 nitrogen and oxygen atoms in total. The monoisotopic (exact) mass is 307 g/mol. The van der Waals surface area contributed by atoms with Crippen molar-refractivity contribution in [2.75, 3.05) is 0 Å². The third-order valence-electron chi connectivity index (χ3n) is 6.32. The van der Waals surface area contributed by atoms with E-state index in [0.29, 0.717) is 16.9 Å². The Labute approximate surface area is 131 Å². The molecule has 4 aliphatic rings. The minimum atomic E-state index is -0.216. The first-order valence-corrected chi connectivity index (χ1v) is 8.61. The minimum absolute atomic E-state index is 0.116.